The molecule has 0 saturated heterocycles. The Labute approximate surface area is 177 Å². The van der Waals surface area contributed by atoms with Crippen LogP contribution in [0.3, 0.4) is 0 Å². The number of aromatic nitrogens is 1. The van der Waals surface area contributed by atoms with Crippen LogP contribution in [0.1, 0.15) is 40.9 Å². The second-order valence-corrected chi connectivity index (χ2v) is 6.98. The number of carbonyl (C=O) groups excluding carboxylic acids is 1. The first-order valence-electron chi connectivity index (χ1n) is 10.1. The smallest absolute Gasteiger partial charge is 0.289 e. The zero-order valence-electron chi connectivity index (χ0n) is 17.8. The summed E-state index contributed by atoms with van der Waals surface area (Å²) in [6.07, 6.45) is 3.87. The Kier molecular flexibility index (Phi) is 7.49. The molecule has 1 amide bonds. The van der Waals surface area contributed by atoms with Crippen LogP contribution in [-0.4, -0.2) is 43.1 Å². The molecule has 0 atom stereocenters. The van der Waals surface area contributed by atoms with Gasteiger partial charge in [0.2, 0.25) is 0 Å². The lowest BCUT2D eigenvalue weighted by Crippen LogP contribution is -2.33. The second-order valence-electron chi connectivity index (χ2n) is 6.98. The number of nitrogens with zero attached hydrogens (tertiary/aromatic N) is 2. The second kappa shape index (κ2) is 10.5. The van der Waals surface area contributed by atoms with E-state index >= 15 is 0 Å². The fourth-order valence-electron chi connectivity index (χ4n) is 3.33. The summed E-state index contributed by atoms with van der Waals surface area (Å²) in [6.45, 7) is 3.33. The van der Waals surface area contributed by atoms with Crippen LogP contribution in [0.5, 0.6) is 11.5 Å². The van der Waals surface area contributed by atoms with E-state index in [9.17, 15) is 4.79 Å². The highest BCUT2D eigenvalue weighted by Gasteiger charge is 2.19. The molecule has 0 aliphatic heterocycles. The van der Waals surface area contributed by atoms with Crippen molar-refractivity contribution in [1.82, 2.24) is 9.88 Å². The van der Waals surface area contributed by atoms with E-state index in [1.54, 1.807) is 26.5 Å². The minimum Gasteiger partial charge on any atom is -0.497 e. The Morgan fingerprint density at radius 1 is 1.07 bits per heavy atom. The SMILES string of the molecule is CCCN(CCc1ccccn1)C(=O)c1ccc(Cc2cc(OC)ccc2OC)o1. The maximum absolute atomic E-state index is 13.0. The van der Waals surface area contributed by atoms with E-state index in [0.717, 1.165) is 29.2 Å². The van der Waals surface area contributed by atoms with Gasteiger partial charge < -0.3 is 18.8 Å². The number of ether oxygens (including phenoxy) is 2. The average Bonchev–Trinajstić information content (AvgIpc) is 3.25. The van der Waals surface area contributed by atoms with Crippen LogP contribution in [0.15, 0.2) is 59.1 Å². The van der Waals surface area contributed by atoms with Crippen LogP contribution in [0.4, 0.5) is 0 Å². The van der Waals surface area contributed by atoms with E-state index in [1.807, 2.05) is 47.4 Å². The first-order chi connectivity index (χ1) is 14.6. The molecule has 3 aromatic rings. The molecule has 158 valence electrons. The van der Waals surface area contributed by atoms with Crippen LogP contribution >= 0.6 is 0 Å². The van der Waals surface area contributed by atoms with E-state index in [4.69, 9.17) is 13.9 Å². The summed E-state index contributed by atoms with van der Waals surface area (Å²) >= 11 is 0. The summed E-state index contributed by atoms with van der Waals surface area (Å²) in [4.78, 5) is 19.2. The molecule has 0 unspecified atom stereocenters. The van der Waals surface area contributed by atoms with Gasteiger partial charge >= 0.3 is 0 Å². The summed E-state index contributed by atoms with van der Waals surface area (Å²) in [5, 5.41) is 0. The minimum atomic E-state index is -0.100. The van der Waals surface area contributed by atoms with E-state index in [1.165, 1.54) is 0 Å². The van der Waals surface area contributed by atoms with Gasteiger partial charge in [-0.05, 0) is 48.9 Å². The summed E-state index contributed by atoms with van der Waals surface area (Å²) in [5.41, 5.74) is 1.91. The molecule has 6 heteroatoms. The van der Waals surface area contributed by atoms with E-state index in [0.29, 0.717) is 37.5 Å². The molecule has 6 nitrogen and oxygen atoms in total. The number of pyridine rings is 1. The molecule has 0 N–H and O–H groups in total. The van der Waals surface area contributed by atoms with Crippen molar-refractivity contribution in [2.24, 2.45) is 0 Å². The first-order valence-corrected chi connectivity index (χ1v) is 10.1. The number of hydrogen-bond donors (Lipinski definition) is 0. The van der Waals surface area contributed by atoms with Crippen molar-refractivity contribution in [2.45, 2.75) is 26.2 Å². The van der Waals surface area contributed by atoms with Gasteiger partial charge in [0, 0.05) is 43.4 Å². The maximum atomic E-state index is 13.0. The molecule has 30 heavy (non-hydrogen) atoms. The van der Waals surface area contributed by atoms with Gasteiger partial charge in [0.15, 0.2) is 5.76 Å². The van der Waals surface area contributed by atoms with Gasteiger partial charge in [0.1, 0.15) is 17.3 Å². The number of hydrogen-bond acceptors (Lipinski definition) is 5. The van der Waals surface area contributed by atoms with Gasteiger partial charge in [-0.25, -0.2) is 0 Å². The molecule has 0 fully saturated rings. The van der Waals surface area contributed by atoms with Gasteiger partial charge in [-0.3, -0.25) is 9.78 Å². The molecule has 0 saturated carbocycles. The molecule has 2 heterocycles. The van der Waals surface area contributed by atoms with Crippen LogP contribution in [0, 0.1) is 0 Å². The minimum absolute atomic E-state index is 0.100. The predicted octanol–water partition coefficient (Wildman–Crippen LogP) is 4.38. The third kappa shape index (κ3) is 5.41. The molecule has 2 aromatic heterocycles. The fourth-order valence-corrected chi connectivity index (χ4v) is 3.33. The number of benzene rings is 1. The fraction of sp³-hybridized carbons (Fsp3) is 0.333. The Bertz CT molecular complexity index is 953. The Morgan fingerprint density at radius 2 is 1.93 bits per heavy atom. The van der Waals surface area contributed by atoms with Crippen LogP contribution in [-0.2, 0) is 12.8 Å². The first kappa shape index (κ1) is 21.4. The lowest BCUT2D eigenvalue weighted by atomic mass is 10.1. The van der Waals surface area contributed by atoms with Crippen molar-refractivity contribution >= 4 is 5.91 Å². The standard InChI is InChI=1S/C24H28N2O4/c1-4-14-26(15-12-19-7-5-6-13-25-19)24(27)23-11-9-21(30-23)17-18-16-20(28-2)8-10-22(18)29-3/h5-11,13,16H,4,12,14-15,17H2,1-3H3. The Balaban J connectivity index is 1.71. The predicted molar refractivity (Wildman–Crippen MR) is 115 cm³/mol. The number of methoxy groups -OCH3 is 2. The molecule has 0 aliphatic rings. The average molecular weight is 408 g/mol. The topological polar surface area (TPSA) is 64.8 Å². The van der Waals surface area contributed by atoms with Crippen molar-refractivity contribution in [2.75, 3.05) is 27.3 Å². The number of furan rings is 1. The summed E-state index contributed by atoms with van der Waals surface area (Å²) in [7, 11) is 3.26. The van der Waals surface area contributed by atoms with E-state index in [2.05, 4.69) is 11.9 Å². The summed E-state index contributed by atoms with van der Waals surface area (Å²) < 4.78 is 16.6. The van der Waals surface area contributed by atoms with Crippen molar-refractivity contribution in [1.29, 1.82) is 0 Å². The largest absolute Gasteiger partial charge is 0.497 e. The summed E-state index contributed by atoms with van der Waals surface area (Å²) in [5.74, 6) is 2.45. The van der Waals surface area contributed by atoms with Crippen LogP contribution in [0.2, 0.25) is 0 Å². The zero-order chi connectivity index (χ0) is 21.3. The van der Waals surface area contributed by atoms with Crippen molar-refractivity contribution in [3.63, 3.8) is 0 Å². The molecule has 0 radical (unpaired) electrons. The molecular weight excluding hydrogens is 380 g/mol. The normalized spacial score (nSPS) is 10.6. The highest BCUT2D eigenvalue weighted by molar-refractivity contribution is 5.91. The van der Waals surface area contributed by atoms with Gasteiger partial charge in [-0.1, -0.05) is 13.0 Å². The molecular formula is C24H28N2O4. The van der Waals surface area contributed by atoms with Gasteiger partial charge in [-0.2, -0.15) is 0 Å². The molecule has 1 aromatic carbocycles. The lowest BCUT2D eigenvalue weighted by molar-refractivity contribution is 0.0723. The Morgan fingerprint density at radius 3 is 2.63 bits per heavy atom. The van der Waals surface area contributed by atoms with Crippen molar-refractivity contribution in [3.05, 3.63) is 77.5 Å². The molecule has 0 spiro atoms. The van der Waals surface area contributed by atoms with Crippen LogP contribution < -0.4 is 9.47 Å². The third-order valence-corrected chi connectivity index (χ3v) is 4.87. The van der Waals surface area contributed by atoms with Gasteiger partial charge in [0.25, 0.3) is 5.91 Å². The monoisotopic (exact) mass is 408 g/mol. The molecule has 3 rings (SSSR count). The Hall–Kier alpha value is -3.28. The van der Waals surface area contributed by atoms with Gasteiger partial charge in [-0.15, -0.1) is 0 Å². The van der Waals surface area contributed by atoms with Crippen molar-refractivity contribution < 1.29 is 18.7 Å². The van der Waals surface area contributed by atoms with E-state index < -0.39 is 0 Å². The third-order valence-electron chi connectivity index (χ3n) is 4.87. The highest BCUT2D eigenvalue weighted by Crippen LogP contribution is 2.27. The van der Waals surface area contributed by atoms with E-state index in [-0.39, 0.29) is 5.91 Å². The molecule has 0 aliphatic carbocycles. The number of amides is 1. The highest BCUT2D eigenvalue weighted by atomic mass is 16.5. The van der Waals surface area contributed by atoms with Crippen molar-refractivity contribution in [3.8, 4) is 11.5 Å². The van der Waals surface area contributed by atoms with Gasteiger partial charge in [0.05, 0.1) is 14.2 Å². The number of carbonyl (C=O) groups is 1. The zero-order valence-corrected chi connectivity index (χ0v) is 17.8. The lowest BCUT2D eigenvalue weighted by Gasteiger charge is -2.20. The van der Waals surface area contributed by atoms with Crippen LogP contribution in [0.25, 0.3) is 0 Å². The number of rotatable bonds is 10. The summed E-state index contributed by atoms with van der Waals surface area (Å²) in [6, 6.07) is 15.0. The quantitative estimate of drug-likeness (QED) is 0.498. The maximum Gasteiger partial charge on any atom is 0.289 e. The molecule has 0 bridgehead atoms.